The predicted octanol–water partition coefficient (Wildman–Crippen LogP) is 7.89. The van der Waals surface area contributed by atoms with Gasteiger partial charge in [-0.15, -0.1) is 32.9 Å². The molecule has 0 bridgehead atoms. The minimum absolute atomic E-state index is 0.00765. The van der Waals surface area contributed by atoms with E-state index in [-0.39, 0.29) is 61.8 Å². The fraction of sp³-hybridized carbons (Fsp3) is 0.418. The summed E-state index contributed by atoms with van der Waals surface area (Å²) in [7, 11) is 0. The van der Waals surface area contributed by atoms with Gasteiger partial charge < -0.3 is 40.2 Å². The fourth-order valence-corrected chi connectivity index (χ4v) is 12.6. The molecule has 20 heteroatoms. The van der Waals surface area contributed by atoms with Crippen LogP contribution in [0.2, 0.25) is 5.02 Å². The topological polar surface area (TPSA) is 226 Å². The molecule has 4 aliphatic rings. The highest BCUT2D eigenvalue weighted by atomic mass is 35.5. The molecule has 10 rings (SSSR count). The lowest BCUT2D eigenvalue weighted by atomic mass is 9.85. The van der Waals surface area contributed by atoms with Crippen LogP contribution in [0, 0.1) is 26.2 Å². The molecule has 0 spiro atoms. The number of thiazole rings is 1. The van der Waals surface area contributed by atoms with E-state index in [0.717, 1.165) is 48.6 Å². The molecule has 2 fully saturated rings. The summed E-state index contributed by atoms with van der Waals surface area (Å²) in [5.74, 6) is 0.306. The number of nitrogens with one attached hydrogen (secondary N) is 3. The number of benzene rings is 2. The summed E-state index contributed by atoms with van der Waals surface area (Å²) < 4.78 is 14.3. The first-order chi connectivity index (χ1) is 35.8. The Morgan fingerprint density at radius 2 is 1.79 bits per heavy atom. The standard InChI is InChI=1S/C55H60ClN9O8S2/c1-27-29(3)75-54-46(27)47(32-12-14-35(56)15-13-32)60-40(50-63-62-30(4)65(50)54)23-45(68)59-36-20-39(21-36)72-38-16-17-43-34(18-38)19-44(73-43)52(70)61-49(55(5,6)7)53(71)64-24-37(67)22-42(64)51(69)58-28(2)31-8-10-33(11-9-31)48-41(25-66)57-26-74-48/h8-10,12-19,26,28,33,36-37,39-40,42,49,66-67H,11,20-25H2,1-7H3,(H,58,69)(H,59,68)(H,61,70)/t28-,33?,36?,37+,39?,40-,42-,49+/m0/s1. The van der Waals surface area contributed by atoms with E-state index in [9.17, 15) is 29.4 Å². The second kappa shape index (κ2) is 20.9. The average molecular weight is 1070 g/mol. The number of aliphatic hydroxyl groups is 2. The zero-order chi connectivity index (χ0) is 53.0. The van der Waals surface area contributed by atoms with Gasteiger partial charge in [0.05, 0.1) is 42.1 Å². The average Bonchev–Trinajstić information content (AvgIpc) is 4.22. The summed E-state index contributed by atoms with van der Waals surface area (Å²) in [5.41, 5.74) is 6.74. The van der Waals surface area contributed by atoms with Crippen molar-refractivity contribution in [1.29, 1.82) is 0 Å². The van der Waals surface area contributed by atoms with Crippen molar-refractivity contribution >= 4 is 74.6 Å². The molecule has 17 nitrogen and oxygen atoms in total. The van der Waals surface area contributed by atoms with Crippen LogP contribution in [0.3, 0.4) is 0 Å². The number of thiophene rings is 1. The molecular formula is C55H60ClN9O8S2. The van der Waals surface area contributed by atoms with Crippen molar-refractivity contribution in [1.82, 2.24) is 40.6 Å². The number of halogens is 1. The third-order valence-corrected chi connectivity index (χ3v) is 17.1. The quantitative estimate of drug-likeness (QED) is 0.0705. The molecule has 75 heavy (non-hydrogen) atoms. The molecule has 6 aromatic rings. The molecule has 4 amide bonds. The van der Waals surface area contributed by atoms with Gasteiger partial charge in [0.2, 0.25) is 17.7 Å². The first-order valence-electron chi connectivity index (χ1n) is 25.2. The summed E-state index contributed by atoms with van der Waals surface area (Å²) in [6.45, 7) is 13.2. The molecule has 1 unspecified atom stereocenters. The molecule has 0 radical (unpaired) electrons. The number of aryl methyl sites for hydroxylation is 2. The summed E-state index contributed by atoms with van der Waals surface area (Å²) in [5, 5.41) is 40.7. The van der Waals surface area contributed by atoms with Crippen molar-refractivity contribution < 1.29 is 38.5 Å². The monoisotopic (exact) mass is 1070 g/mol. The molecule has 2 aliphatic carbocycles. The van der Waals surface area contributed by atoms with Crippen LogP contribution < -0.4 is 20.7 Å². The van der Waals surface area contributed by atoms with Crippen LogP contribution in [0.4, 0.5) is 0 Å². The Balaban J connectivity index is 0.747. The maximum absolute atomic E-state index is 14.4. The van der Waals surface area contributed by atoms with Crippen LogP contribution in [0.15, 0.2) is 87.3 Å². The number of aliphatic imine (C=N–C) groups is 1. The minimum Gasteiger partial charge on any atom is -0.490 e. The summed E-state index contributed by atoms with van der Waals surface area (Å²) in [6, 6.07) is 11.4. The van der Waals surface area contributed by atoms with Crippen LogP contribution in [0.1, 0.15) is 126 Å². The van der Waals surface area contributed by atoms with Gasteiger partial charge in [-0.25, -0.2) is 4.98 Å². The number of likely N-dealkylation sites (tertiary alicyclic amines) is 1. The third-order valence-electron chi connectivity index (χ3n) is 14.6. The zero-order valence-electron chi connectivity index (χ0n) is 42.7. The van der Waals surface area contributed by atoms with E-state index in [1.165, 1.54) is 16.2 Å². The number of rotatable bonds is 14. The van der Waals surface area contributed by atoms with E-state index in [1.54, 1.807) is 41.1 Å². The van der Waals surface area contributed by atoms with Gasteiger partial charge in [-0.1, -0.05) is 62.7 Å². The first-order valence-corrected chi connectivity index (χ1v) is 27.3. The summed E-state index contributed by atoms with van der Waals surface area (Å²) in [4.78, 5) is 68.9. The molecule has 392 valence electrons. The number of hydrogen-bond donors (Lipinski definition) is 5. The van der Waals surface area contributed by atoms with Crippen LogP contribution in [0.5, 0.6) is 5.75 Å². The lowest BCUT2D eigenvalue weighted by molar-refractivity contribution is -0.142. The molecule has 1 saturated carbocycles. The number of amides is 4. The van der Waals surface area contributed by atoms with E-state index in [1.807, 2.05) is 75.6 Å². The SMILES string of the molecule is Cc1sc2c(c1C)C(c1ccc(Cl)cc1)=N[C@@H](CC(=O)NC1CC(Oc3ccc4oc(C(=O)N[C@H](C(=O)N5C[C@H](O)C[C@H]5C(=O)N[C@@H](C)C5=CCC(c6scnc6CO)C=C5)C(C)(C)C)cc4c3)C1)c1nnc(C)n1-2. The number of carbonyl (C=O) groups excluding carboxylic acids is 4. The number of carbonyl (C=O) groups is 4. The maximum Gasteiger partial charge on any atom is 0.287 e. The second-order valence-electron chi connectivity index (χ2n) is 21.0. The lowest BCUT2D eigenvalue weighted by Gasteiger charge is -2.36. The number of aromatic nitrogens is 4. The molecular weight excluding hydrogens is 1010 g/mol. The smallest absolute Gasteiger partial charge is 0.287 e. The van der Waals surface area contributed by atoms with Gasteiger partial charge in [0.1, 0.15) is 46.4 Å². The highest BCUT2D eigenvalue weighted by molar-refractivity contribution is 7.15. The molecule has 4 aromatic heterocycles. The van der Waals surface area contributed by atoms with Crippen molar-refractivity contribution in [2.24, 2.45) is 10.4 Å². The van der Waals surface area contributed by atoms with Gasteiger partial charge in [-0.3, -0.25) is 28.7 Å². The molecule has 5 N–H and O–H groups in total. The minimum atomic E-state index is -1.07. The van der Waals surface area contributed by atoms with E-state index < -0.39 is 47.4 Å². The largest absolute Gasteiger partial charge is 0.490 e. The van der Waals surface area contributed by atoms with Gasteiger partial charge >= 0.3 is 0 Å². The first kappa shape index (κ1) is 52.0. The lowest BCUT2D eigenvalue weighted by Crippen LogP contribution is -2.58. The van der Waals surface area contributed by atoms with Gasteiger partial charge in [0, 0.05) is 69.1 Å². The zero-order valence-corrected chi connectivity index (χ0v) is 45.1. The Kier molecular flexibility index (Phi) is 14.5. The third kappa shape index (κ3) is 10.6. The number of allylic oxidation sites excluding steroid dienone is 2. The number of fused-ring (bicyclic) bond motifs is 4. The van der Waals surface area contributed by atoms with E-state index >= 15 is 0 Å². The molecule has 2 aliphatic heterocycles. The summed E-state index contributed by atoms with van der Waals surface area (Å²) in [6.07, 6.45) is 6.96. The number of furan rings is 1. The number of nitrogens with zero attached hydrogens (tertiary/aromatic N) is 6. The summed E-state index contributed by atoms with van der Waals surface area (Å²) >= 11 is 9.44. The number of hydrogen-bond acceptors (Lipinski definition) is 14. The second-order valence-corrected chi connectivity index (χ2v) is 23.5. The van der Waals surface area contributed by atoms with Crippen LogP contribution in [0.25, 0.3) is 16.0 Å². The van der Waals surface area contributed by atoms with Crippen molar-refractivity contribution in [2.45, 2.75) is 136 Å². The van der Waals surface area contributed by atoms with Gasteiger partial charge in [0.15, 0.2) is 11.6 Å². The van der Waals surface area contributed by atoms with Crippen molar-refractivity contribution in [2.75, 3.05) is 6.54 Å². The molecule has 6 atom stereocenters. The van der Waals surface area contributed by atoms with Crippen LogP contribution >= 0.6 is 34.3 Å². The van der Waals surface area contributed by atoms with Gasteiger partial charge in [-0.05, 0) is 87.1 Å². The van der Waals surface area contributed by atoms with Gasteiger partial charge in [0.25, 0.3) is 5.91 Å². The highest BCUT2D eigenvalue weighted by Gasteiger charge is 2.45. The van der Waals surface area contributed by atoms with Crippen molar-refractivity contribution in [3.05, 3.63) is 132 Å². The predicted molar refractivity (Wildman–Crippen MR) is 287 cm³/mol. The number of β-amino-alcohol motifs (C(OH)–C–C–N with tert-alkyl or cyclic N) is 1. The fourth-order valence-electron chi connectivity index (χ4n) is 10.3. The Labute approximate surface area is 447 Å². The van der Waals surface area contributed by atoms with Gasteiger partial charge in [-0.2, -0.15) is 0 Å². The van der Waals surface area contributed by atoms with E-state index in [2.05, 4.69) is 51.1 Å². The number of ether oxygens (including phenoxy) is 1. The Hall–Kier alpha value is -6.51. The normalized spacial score (nSPS) is 22.0. The van der Waals surface area contributed by atoms with E-state index in [0.29, 0.717) is 52.5 Å². The molecule has 6 heterocycles. The number of aliphatic hydroxyl groups excluding tert-OH is 2. The molecule has 2 aromatic carbocycles. The van der Waals surface area contributed by atoms with E-state index in [4.69, 9.17) is 25.7 Å². The van der Waals surface area contributed by atoms with Crippen LogP contribution in [-0.4, -0.2) is 107 Å². The maximum atomic E-state index is 14.4. The molecule has 1 saturated heterocycles. The Morgan fingerprint density at radius 1 is 1.01 bits per heavy atom. The highest BCUT2D eigenvalue weighted by Crippen LogP contribution is 2.40. The Bertz CT molecular complexity index is 3290. The Morgan fingerprint density at radius 3 is 2.51 bits per heavy atom. The van der Waals surface area contributed by atoms with Crippen molar-refractivity contribution in [3.8, 4) is 10.8 Å². The van der Waals surface area contributed by atoms with Crippen molar-refractivity contribution in [3.63, 3.8) is 0 Å². The van der Waals surface area contributed by atoms with Crippen LogP contribution in [-0.2, 0) is 21.0 Å².